The Hall–Kier alpha value is -1.65. The molecule has 1 aliphatic carbocycles. The van der Waals surface area contributed by atoms with Gasteiger partial charge < -0.3 is 9.32 Å². The molecule has 7 nitrogen and oxygen atoms in total. The van der Waals surface area contributed by atoms with Gasteiger partial charge in [0.2, 0.25) is 5.91 Å². The van der Waals surface area contributed by atoms with Crippen LogP contribution in [0.15, 0.2) is 50.9 Å². The first-order chi connectivity index (χ1) is 14.9. The highest BCUT2D eigenvalue weighted by atomic mass is 35.5. The maximum Gasteiger partial charge on any atom is 0.252 e. The first kappa shape index (κ1) is 22.5. The van der Waals surface area contributed by atoms with Crippen molar-refractivity contribution in [3.05, 3.63) is 52.4 Å². The first-order valence-corrected chi connectivity index (χ1v) is 13.1. The molecule has 0 bridgehead atoms. The Balaban J connectivity index is 1.38. The molecular weight excluding hydrogens is 458 g/mol. The molecule has 0 aromatic carbocycles. The maximum absolute atomic E-state index is 13.2. The van der Waals surface area contributed by atoms with Gasteiger partial charge in [-0.2, -0.15) is 4.31 Å². The third kappa shape index (κ3) is 5.40. The fraction of sp³-hybridized carbons (Fsp3) is 0.476. The van der Waals surface area contributed by atoms with E-state index in [0.29, 0.717) is 37.1 Å². The van der Waals surface area contributed by atoms with Crippen molar-refractivity contribution in [3.8, 4) is 0 Å². The number of amides is 1. The molecule has 2 aromatic heterocycles. The smallest absolute Gasteiger partial charge is 0.252 e. The van der Waals surface area contributed by atoms with Gasteiger partial charge in [0, 0.05) is 31.9 Å². The van der Waals surface area contributed by atoms with Crippen LogP contribution in [0.4, 0.5) is 0 Å². The second kappa shape index (κ2) is 9.87. The number of allylic oxidation sites excluding steroid dienone is 2. The van der Waals surface area contributed by atoms with Crippen LogP contribution in [0, 0.1) is 0 Å². The minimum absolute atomic E-state index is 0.0193. The van der Waals surface area contributed by atoms with E-state index in [1.54, 1.807) is 18.4 Å². The number of carbonyl (C=O) groups is 1. The molecule has 2 aliphatic rings. The van der Waals surface area contributed by atoms with Gasteiger partial charge in [0.1, 0.15) is 9.97 Å². The van der Waals surface area contributed by atoms with Gasteiger partial charge >= 0.3 is 0 Å². The van der Waals surface area contributed by atoms with Crippen LogP contribution < -0.4 is 0 Å². The first-order valence-electron chi connectivity index (χ1n) is 10.4. The van der Waals surface area contributed by atoms with E-state index in [0.717, 1.165) is 48.5 Å². The third-order valence-electron chi connectivity index (χ3n) is 5.64. The van der Waals surface area contributed by atoms with Crippen molar-refractivity contribution in [2.45, 2.75) is 36.4 Å². The highest BCUT2D eigenvalue weighted by molar-refractivity contribution is 7.91. The summed E-state index contributed by atoms with van der Waals surface area (Å²) in [5.74, 6) is 0.774. The van der Waals surface area contributed by atoms with E-state index in [1.807, 2.05) is 21.9 Å². The lowest BCUT2D eigenvalue weighted by Gasteiger charge is -2.35. The number of carbonyl (C=O) groups excluding carboxylic acids is 1. The molecule has 1 amide bonds. The Morgan fingerprint density at radius 1 is 1.16 bits per heavy atom. The normalized spacial score (nSPS) is 18.7. The van der Waals surface area contributed by atoms with Gasteiger partial charge in [0.25, 0.3) is 10.0 Å². The number of thiophene rings is 1. The standard InChI is InChI=1S/C21H26ClN3O4S2/c22-19-8-9-21(30-19)31(27,28)24-12-10-23(11-13-24)16-20(26)25(15-18-7-4-14-29-18)17-5-2-1-3-6-17/h4-5,7-9,14H,1-3,6,10-13,15-16H2. The van der Waals surface area contributed by atoms with Crippen LogP contribution in [0.2, 0.25) is 4.34 Å². The fourth-order valence-electron chi connectivity index (χ4n) is 3.94. The summed E-state index contributed by atoms with van der Waals surface area (Å²) in [6.45, 7) is 2.41. The van der Waals surface area contributed by atoms with E-state index in [1.165, 1.54) is 4.31 Å². The quantitative estimate of drug-likeness (QED) is 0.599. The zero-order valence-electron chi connectivity index (χ0n) is 17.2. The predicted molar refractivity (Wildman–Crippen MR) is 120 cm³/mol. The van der Waals surface area contributed by atoms with Crippen molar-refractivity contribution in [2.24, 2.45) is 0 Å². The lowest BCUT2D eigenvalue weighted by molar-refractivity contribution is -0.131. The molecule has 168 valence electrons. The second-order valence-corrected chi connectivity index (χ2v) is 11.6. The lowest BCUT2D eigenvalue weighted by atomic mass is 10.0. The Morgan fingerprint density at radius 3 is 2.58 bits per heavy atom. The van der Waals surface area contributed by atoms with E-state index in [9.17, 15) is 13.2 Å². The highest BCUT2D eigenvalue weighted by Crippen LogP contribution is 2.29. The third-order valence-corrected chi connectivity index (χ3v) is 9.24. The van der Waals surface area contributed by atoms with Crippen LogP contribution in [-0.2, 0) is 21.4 Å². The Kier molecular flexibility index (Phi) is 7.18. The van der Waals surface area contributed by atoms with Crippen molar-refractivity contribution in [3.63, 3.8) is 0 Å². The topological polar surface area (TPSA) is 74.1 Å². The maximum atomic E-state index is 13.2. The number of hydrogen-bond acceptors (Lipinski definition) is 6. The molecular formula is C21H26ClN3O4S2. The summed E-state index contributed by atoms with van der Waals surface area (Å²) < 4.78 is 33.2. The number of furan rings is 1. The number of rotatable bonds is 7. The van der Waals surface area contributed by atoms with Gasteiger partial charge in [-0.05, 0) is 49.9 Å². The molecule has 1 fully saturated rings. The van der Waals surface area contributed by atoms with E-state index in [-0.39, 0.29) is 16.7 Å². The summed E-state index contributed by atoms with van der Waals surface area (Å²) in [5, 5.41) is 0. The van der Waals surface area contributed by atoms with E-state index in [4.69, 9.17) is 16.0 Å². The molecule has 4 rings (SSSR count). The Bertz CT molecular complexity index is 1020. The molecule has 0 radical (unpaired) electrons. The minimum Gasteiger partial charge on any atom is -0.467 e. The number of halogens is 1. The number of nitrogens with zero attached hydrogens (tertiary/aromatic N) is 3. The fourth-order valence-corrected chi connectivity index (χ4v) is 7.00. The van der Waals surface area contributed by atoms with Crippen molar-refractivity contribution in [2.75, 3.05) is 32.7 Å². The molecule has 10 heteroatoms. The van der Waals surface area contributed by atoms with E-state index >= 15 is 0 Å². The molecule has 1 saturated heterocycles. The van der Waals surface area contributed by atoms with Crippen LogP contribution in [0.5, 0.6) is 0 Å². The monoisotopic (exact) mass is 483 g/mol. The van der Waals surface area contributed by atoms with Crippen LogP contribution in [0.25, 0.3) is 0 Å². The second-order valence-electron chi connectivity index (χ2n) is 7.74. The van der Waals surface area contributed by atoms with Crippen molar-refractivity contribution in [1.29, 1.82) is 0 Å². The summed E-state index contributed by atoms with van der Waals surface area (Å²) in [5.41, 5.74) is 1.06. The summed E-state index contributed by atoms with van der Waals surface area (Å²) in [4.78, 5) is 17.0. The van der Waals surface area contributed by atoms with E-state index < -0.39 is 10.0 Å². The molecule has 0 spiro atoms. The zero-order chi connectivity index (χ0) is 21.8. The molecule has 0 atom stereocenters. The SMILES string of the molecule is O=C(CN1CCN(S(=O)(=O)c2ccc(Cl)s2)CC1)N(Cc1ccco1)C1=CCCCC1. The molecule has 0 unspecified atom stereocenters. The number of hydrogen-bond donors (Lipinski definition) is 0. The molecule has 0 saturated carbocycles. The van der Waals surface area contributed by atoms with Crippen molar-refractivity contribution >= 4 is 38.9 Å². The average molecular weight is 484 g/mol. The van der Waals surface area contributed by atoms with Gasteiger partial charge in [0.15, 0.2) is 0 Å². The van der Waals surface area contributed by atoms with Crippen LogP contribution in [0.1, 0.15) is 31.4 Å². The van der Waals surface area contributed by atoms with Gasteiger partial charge in [-0.15, -0.1) is 11.3 Å². The molecule has 0 N–H and O–H groups in total. The van der Waals surface area contributed by atoms with Gasteiger partial charge in [-0.1, -0.05) is 17.7 Å². The van der Waals surface area contributed by atoms with Crippen LogP contribution in [-0.4, -0.2) is 61.2 Å². The molecule has 1 aliphatic heterocycles. The highest BCUT2D eigenvalue weighted by Gasteiger charge is 2.31. The summed E-state index contributed by atoms with van der Waals surface area (Å²) in [6, 6.07) is 6.85. The molecule has 2 aromatic rings. The minimum atomic E-state index is -3.54. The van der Waals surface area contributed by atoms with Crippen molar-refractivity contribution in [1.82, 2.24) is 14.1 Å². The Labute approximate surface area is 191 Å². The number of piperazine rings is 1. The largest absolute Gasteiger partial charge is 0.467 e. The molecule has 3 heterocycles. The van der Waals surface area contributed by atoms with Crippen LogP contribution >= 0.6 is 22.9 Å². The van der Waals surface area contributed by atoms with Crippen LogP contribution in [0.3, 0.4) is 0 Å². The van der Waals surface area contributed by atoms with Crippen molar-refractivity contribution < 1.29 is 17.6 Å². The molecule has 31 heavy (non-hydrogen) atoms. The van der Waals surface area contributed by atoms with Gasteiger partial charge in [-0.25, -0.2) is 8.42 Å². The van der Waals surface area contributed by atoms with E-state index in [2.05, 4.69) is 6.08 Å². The number of sulfonamides is 1. The summed E-state index contributed by atoms with van der Waals surface area (Å²) in [6.07, 6.45) is 7.88. The lowest BCUT2D eigenvalue weighted by Crippen LogP contribution is -2.51. The summed E-state index contributed by atoms with van der Waals surface area (Å²) >= 11 is 6.97. The van der Waals surface area contributed by atoms with Gasteiger partial charge in [-0.3, -0.25) is 9.69 Å². The Morgan fingerprint density at radius 2 is 1.97 bits per heavy atom. The summed E-state index contributed by atoms with van der Waals surface area (Å²) in [7, 11) is -3.54. The van der Waals surface area contributed by atoms with Gasteiger partial charge in [0.05, 0.1) is 23.7 Å². The average Bonchev–Trinajstić information content (AvgIpc) is 3.45. The zero-order valence-corrected chi connectivity index (χ0v) is 19.6. The predicted octanol–water partition coefficient (Wildman–Crippen LogP) is 3.79.